The van der Waals surface area contributed by atoms with Gasteiger partial charge < -0.3 is 5.32 Å². The second kappa shape index (κ2) is 4.90. The number of aromatic nitrogens is 1. The first-order chi connectivity index (χ1) is 7.68. The lowest BCUT2D eigenvalue weighted by Gasteiger charge is -2.11. The second-order valence-electron chi connectivity index (χ2n) is 3.81. The average molecular weight is 241 g/mol. The van der Waals surface area contributed by atoms with Crippen molar-refractivity contribution in [1.29, 1.82) is 0 Å². The molecule has 1 aromatic heterocycles. The molecule has 0 radical (unpaired) electrons. The van der Waals surface area contributed by atoms with Gasteiger partial charge in [-0.1, -0.05) is 6.07 Å². The van der Waals surface area contributed by atoms with Crippen LogP contribution in [0.15, 0.2) is 29.4 Å². The SMILES string of the molecule is O=S(=O)(NCC1CCCN1)c1ccccn1. The Balaban J connectivity index is 1.98. The first-order valence-electron chi connectivity index (χ1n) is 5.32. The van der Waals surface area contributed by atoms with Crippen LogP contribution in [0.25, 0.3) is 0 Å². The largest absolute Gasteiger partial charge is 0.313 e. The summed E-state index contributed by atoms with van der Waals surface area (Å²) in [6, 6.07) is 5.09. The predicted octanol–water partition coefficient (Wildman–Crippen LogP) is 0.112. The average Bonchev–Trinajstić information content (AvgIpc) is 2.81. The summed E-state index contributed by atoms with van der Waals surface area (Å²) in [6.07, 6.45) is 3.60. The standard InChI is InChI=1S/C10H15N3O2S/c14-16(15,10-5-1-2-6-12-10)13-8-9-4-3-7-11-9/h1-2,5-6,9,11,13H,3-4,7-8H2. The van der Waals surface area contributed by atoms with Crippen LogP contribution in [0.1, 0.15) is 12.8 Å². The Morgan fingerprint density at radius 2 is 2.38 bits per heavy atom. The Kier molecular flexibility index (Phi) is 3.52. The maximum absolute atomic E-state index is 11.8. The van der Waals surface area contributed by atoms with Crippen molar-refractivity contribution >= 4 is 10.0 Å². The molecule has 1 aliphatic heterocycles. The fourth-order valence-corrected chi connectivity index (χ4v) is 2.75. The third kappa shape index (κ3) is 2.78. The van der Waals surface area contributed by atoms with E-state index >= 15 is 0 Å². The Hall–Kier alpha value is -0.980. The molecule has 1 aliphatic rings. The molecule has 88 valence electrons. The van der Waals surface area contributed by atoms with Crippen molar-refractivity contribution in [1.82, 2.24) is 15.0 Å². The molecule has 0 saturated carbocycles. The molecule has 1 aromatic rings. The highest BCUT2D eigenvalue weighted by atomic mass is 32.2. The molecule has 0 amide bonds. The lowest BCUT2D eigenvalue weighted by molar-refractivity contribution is 0.549. The third-order valence-electron chi connectivity index (χ3n) is 2.60. The van der Waals surface area contributed by atoms with Gasteiger partial charge in [-0.05, 0) is 31.5 Å². The fourth-order valence-electron chi connectivity index (χ4n) is 1.72. The first kappa shape index (κ1) is 11.5. The number of sulfonamides is 1. The zero-order valence-corrected chi connectivity index (χ0v) is 9.70. The summed E-state index contributed by atoms with van der Waals surface area (Å²) in [5, 5.41) is 3.31. The highest BCUT2D eigenvalue weighted by molar-refractivity contribution is 7.89. The molecule has 2 heterocycles. The molecule has 6 heteroatoms. The van der Waals surface area contributed by atoms with Crippen LogP contribution in [-0.2, 0) is 10.0 Å². The van der Waals surface area contributed by atoms with E-state index in [9.17, 15) is 8.42 Å². The van der Waals surface area contributed by atoms with Crippen LogP contribution in [0.5, 0.6) is 0 Å². The van der Waals surface area contributed by atoms with Crippen molar-refractivity contribution in [3.05, 3.63) is 24.4 Å². The first-order valence-corrected chi connectivity index (χ1v) is 6.81. The van der Waals surface area contributed by atoms with Crippen LogP contribution >= 0.6 is 0 Å². The van der Waals surface area contributed by atoms with E-state index in [1.165, 1.54) is 12.3 Å². The third-order valence-corrected chi connectivity index (χ3v) is 3.93. The topological polar surface area (TPSA) is 71.1 Å². The van der Waals surface area contributed by atoms with Gasteiger partial charge >= 0.3 is 0 Å². The number of hydrogen-bond acceptors (Lipinski definition) is 4. The highest BCUT2D eigenvalue weighted by Crippen LogP contribution is 2.06. The van der Waals surface area contributed by atoms with Crippen molar-refractivity contribution in [2.45, 2.75) is 23.9 Å². The fraction of sp³-hybridized carbons (Fsp3) is 0.500. The normalized spacial score (nSPS) is 21.1. The summed E-state index contributed by atoms with van der Waals surface area (Å²) in [4.78, 5) is 3.82. The smallest absolute Gasteiger partial charge is 0.258 e. The molecule has 0 aromatic carbocycles. The number of rotatable bonds is 4. The Morgan fingerprint density at radius 1 is 1.50 bits per heavy atom. The molecule has 1 saturated heterocycles. The minimum Gasteiger partial charge on any atom is -0.313 e. The summed E-state index contributed by atoms with van der Waals surface area (Å²) < 4.78 is 26.1. The zero-order valence-electron chi connectivity index (χ0n) is 8.89. The maximum atomic E-state index is 11.8. The highest BCUT2D eigenvalue weighted by Gasteiger charge is 2.19. The monoisotopic (exact) mass is 241 g/mol. The van der Waals surface area contributed by atoms with E-state index in [4.69, 9.17) is 0 Å². The number of pyridine rings is 1. The van der Waals surface area contributed by atoms with Crippen molar-refractivity contribution in [2.24, 2.45) is 0 Å². The Bertz CT molecular complexity index is 427. The summed E-state index contributed by atoms with van der Waals surface area (Å²) in [5.74, 6) is 0. The predicted molar refractivity (Wildman–Crippen MR) is 60.5 cm³/mol. The number of nitrogens with zero attached hydrogens (tertiary/aromatic N) is 1. The van der Waals surface area contributed by atoms with Crippen LogP contribution < -0.4 is 10.0 Å². The van der Waals surface area contributed by atoms with Gasteiger partial charge in [0.2, 0.25) is 0 Å². The minimum atomic E-state index is -3.45. The molecule has 0 aliphatic carbocycles. The molecular formula is C10H15N3O2S. The van der Waals surface area contributed by atoms with Gasteiger partial charge in [0, 0.05) is 18.8 Å². The van der Waals surface area contributed by atoms with E-state index in [0.717, 1.165) is 19.4 Å². The van der Waals surface area contributed by atoms with E-state index < -0.39 is 10.0 Å². The molecule has 0 spiro atoms. The van der Waals surface area contributed by atoms with Gasteiger partial charge in [0.25, 0.3) is 10.0 Å². The van der Waals surface area contributed by atoms with Gasteiger partial charge in [0.1, 0.15) is 0 Å². The van der Waals surface area contributed by atoms with Crippen LogP contribution in [-0.4, -0.2) is 32.5 Å². The number of nitrogens with one attached hydrogen (secondary N) is 2. The van der Waals surface area contributed by atoms with E-state index in [1.807, 2.05) is 0 Å². The summed E-state index contributed by atoms with van der Waals surface area (Å²) in [7, 11) is -3.45. The summed E-state index contributed by atoms with van der Waals surface area (Å²) >= 11 is 0. The molecule has 1 fully saturated rings. The van der Waals surface area contributed by atoms with E-state index in [0.29, 0.717) is 6.54 Å². The van der Waals surface area contributed by atoms with Crippen LogP contribution in [0.4, 0.5) is 0 Å². The van der Waals surface area contributed by atoms with Gasteiger partial charge in [-0.2, -0.15) is 0 Å². The van der Waals surface area contributed by atoms with Gasteiger partial charge in [0.15, 0.2) is 5.03 Å². The van der Waals surface area contributed by atoms with Gasteiger partial charge in [-0.3, -0.25) is 0 Å². The van der Waals surface area contributed by atoms with Crippen LogP contribution in [0, 0.1) is 0 Å². The van der Waals surface area contributed by atoms with Gasteiger partial charge in [-0.25, -0.2) is 18.1 Å². The molecule has 2 rings (SSSR count). The van der Waals surface area contributed by atoms with E-state index in [1.54, 1.807) is 12.1 Å². The minimum absolute atomic E-state index is 0.0768. The Labute approximate surface area is 95.3 Å². The maximum Gasteiger partial charge on any atom is 0.258 e. The molecule has 1 atom stereocenters. The molecule has 16 heavy (non-hydrogen) atoms. The van der Waals surface area contributed by atoms with Crippen molar-refractivity contribution in [2.75, 3.05) is 13.1 Å². The molecule has 5 nitrogen and oxygen atoms in total. The molecule has 2 N–H and O–H groups in total. The Morgan fingerprint density at radius 3 is 3.00 bits per heavy atom. The van der Waals surface area contributed by atoms with Crippen molar-refractivity contribution in [3.8, 4) is 0 Å². The van der Waals surface area contributed by atoms with Crippen molar-refractivity contribution in [3.63, 3.8) is 0 Å². The number of hydrogen-bond donors (Lipinski definition) is 2. The van der Waals surface area contributed by atoms with E-state index in [-0.39, 0.29) is 11.1 Å². The van der Waals surface area contributed by atoms with Crippen LogP contribution in [0.3, 0.4) is 0 Å². The summed E-state index contributed by atoms with van der Waals surface area (Å²) in [6.45, 7) is 1.40. The van der Waals surface area contributed by atoms with Crippen molar-refractivity contribution < 1.29 is 8.42 Å². The molecule has 1 unspecified atom stereocenters. The van der Waals surface area contributed by atoms with Gasteiger partial charge in [-0.15, -0.1) is 0 Å². The van der Waals surface area contributed by atoms with Crippen LogP contribution in [0.2, 0.25) is 0 Å². The lowest BCUT2D eigenvalue weighted by atomic mass is 10.2. The molecule has 0 bridgehead atoms. The second-order valence-corrected chi connectivity index (χ2v) is 5.53. The van der Waals surface area contributed by atoms with Gasteiger partial charge in [0.05, 0.1) is 0 Å². The van der Waals surface area contributed by atoms with E-state index in [2.05, 4.69) is 15.0 Å². The summed E-state index contributed by atoms with van der Waals surface area (Å²) in [5.41, 5.74) is 0. The molecular weight excluding hydrogens is 226 g/mol. The zero-order chi connectivity index (χ0) is 11.4. The lowest BCUT2D eigenvalue weighted by Crippen LogP contribution is -2.37. The quantitative estimate of drug-likeness (QED) is 0.785.